The van der Waals surface area contributed by atoms with Crippen LogP contribution in [0.4, 0.5) is 5.69 Å². The minimum atomic E-state index is -0.407. The van der Waals surface area contributed by atoms with Gasteiger partial charge in [0.2, 0.25) is 5.78 Å². The van der Waals surface area contributed by atoms with E-state index in [4.69, 9.17) is 44.5 Å². The van der Waals surface area contributed by atoms with Gasteiger partial charge in [0.25, 0.3) is 0 Å². The van der Waals surface area contributed by atoms with E-state index in [1.165, 1.54) is 6.07 Å². The topological polar surface area (TPSA) is 106 Å². The zero-order valence-corrected chi connectivity index (χ0v) is 17.2. The summed E-state index contributed by atoms with van der Waals surface area (Å²) in [6.45, 7) is 0. The van der Waals surface area contributed by atoms with Crippen LogP contribution in [0.1, 0.15) is 21.7 Å². The van der Waals surface area contributed by atoms with Gasteiger partial charge in [-0.3, -0.25) is 10.2 Å². The van der Waals surface area contributed by atoms with Crippen molar-refractivity contribution in [3.63, 3.8) is 0 Å². The lowest BCUT2D eigenvalue weighted by atomic mass is 10.0. The summed E-state index contributed by atoms with van der Waals surface area (Å²) in [5, 5.41) is 8.79. The van der Waals surface area contributed by atoms with Crippen LogP contribution in [0.5, 0.6) is 0 Å². The number of benzene rings is 3. The molecule has 0 aliphatic carbocycles. The fourth-order valence-electron chi connectivity index (χ4n) is 3.34. The predicted octanol–water partition coefficient (Wildman–Crippen LogP) is 5.70. The lowest BCUT2D eigenvalue weighted by molar-refractivity contribution is 0.101. The molecular weight excluding hydrogens is 421 g/mol. The van der Waals surface area contributed by atoms with Crippen molar-refractivity contribution in [2.45, 2.75) is 6.42 Å². The number of nitrogen functional groups attached to an aromatic ring is 1. The van der Waals surface area contributed by atoms with E-state index in [1.807, 2.05) is 42.5 Å². The van der Waals surface area contributed by atoms with Crippen LogP contribution in [0.15, 0.2) is 65.1 Å². The molecule has 0 saturated carbocycles. The molecular formula is C23H17Cl2N3O2. The third-order valence-corrected chi connectivity index (χ3v) is 5.31. The molecule has 0 atom stereocenters. The first-order chi connectivity index (χ1) is 14.3. The molecule has 0 unspecified atom stereocenters. The van der Waals surface area contributed by atoms with Gasteiger partial charge in [0.15, 0.2) is 5.76 Å². The first-order valence-electron chi connectivity index (χ1n) is 9.07. The minimum absolute atomic E-state index is 0.0386. The Labute approximate surface area is 182 Å². The first kappa shape index (κ1) is 20.0. The SMILES string of the molecule is N=C(N)Cc1cccc(-c2ccc3c(N)c(C(=O)c4ccc(Cl)cc4Cl)oc3c2)c1. The number of carbonyl (C=O) groups is 1. The fraction of sp³-hybridized carbons (Fsp3) is 0.0435. The summed E-state index contributed by atoms with van der Waals surface area (Å²) in [7, 11) is 0. The summed E-state index contributed by atoms with van der Waals surface area (Å²) in [6.07, 6.45) is 0.379. The van der Waals surface area contributed by atoms with E-state index >= 15 is 0 Å². The van der Waals surface area contributed by atoms with Crippen molar-refractivity contribution in [2.24, 2.45) is 5.73 Å². The predicted molar refractivity (Wildman–Crippen MR) is 122 cm³/mol. The number of halogens is 2. The fourth-order valence-corrected chi connectivity index (χ4v) is 3.84. The van der Waals surface area contributed by atoms with Crippen LogP contribution < -0.4 is 11.5 Å². The van der Waals surface area contributed by atoms with Gasteiger partial charge in [-0.1, -0.05) is 53.5 Å². The Kier molecular flexibility index (Phi) is 5.24. The molecule has 0 radical (unpaired) electrons. The molecule has 0 bridgehead atoms. The number of fused-ring (bicyclic) bond motifs is 1. The van der Waals surface area contributed by atoms with E-state index in [1.54, 1.807) is 12.1 Å². The third-order valence-electron chi connectivity index (χ3n) is 4.77. The summed E-state index contributed by atoms with van der Waals surface area (Å²) in [5.74, 6) is -0.266. The summed E-state index contributed by atoms with van der Waals surface area (Å²) >= 11 is 12.1. The maximum absolute atomic E-state index is 12.9. The van der Waals surface area contributed by atoms with Crippen LogP contribution >= 0.6 is 23.2 Å². The van der Waals surface area contributed by atoms with Gasteiger partial charge < -0.3 is 15.9 Å². The minimum Gasteiger partial charge on any atom is -0.450 e. The Morgan fingerprint density at radius 2 is 1.77 bits per heavy atom. The Balaban J connectivity index is 1.75. The number of amidine groups is 1. The van der Waals surface area contributed by atoms with Gasteiger partial charge in [0.1, 0.15) is 5.58 Å². The lowest BCUT2D eigenvalue weighted by Gasteiger charge is -2.05. The Hall–Kier alpha value is -3.28. The number of furan rings is 1. The number of nitrogens with one attached hydrogen (secondary N) is 1. The average molecular weight is 438 g/mol. The number of carbonyl (C=O) groups excluding carboxylic acids is 1. The normalized spacial score (nSPS) is 11.0. The summed E-state index contributed by atoms with van der Waals surface area (Å²) in [5.41, 5.74) is 15.5. The van der Waals surface area contributed by atoms with Crippen LogP contribution in [0.2, 0.25) is 10.0 Å². The van der Waals surface area contributed by atoms with Crippen molar-refractivity contribution in [3.05, 3.63) is 87.6 Å². The monoisotopic (exact) mass is 437 g/mol. The number of hydrogen-bond donors (Lipinski definition) is 3. The van der Waals surface area contributed by atoms with Gasteiger partial charge in [-0.15, -0.1) is 0 Å². The molecule has 4 rings (SSSR count). The molecule has 0 aliphatic rings. The van der Waals surface area contributed by atoms with E-state index in [0.29, 0.717) is 22.4 Å². The van der Waals surface area contributed by atoms with Gasteiger partial charge in [-0.05, 0) is 47.0 Å². The molecule has 30 heavy (non-hydrogen) atoms. The maximum atomic E-state index is 12.9. The molecule has 0 amide bonds. The van der Waals surface area contributed by atoms with Crippen molar-refractivity contribution < 1.29 is 9.21 Å². The molecule has 5 nitrogen and oxygen atoms in total. The number of ketones is 1. The summed E-state index contributed by atoms with van der Waals surface area (Å²) in [4.78, 5) is 12.9. The molecule has 0 saturated heterocycles. The molecule has 3 aromatic carbocycles. The average Bonchev–Trinajstić information content (AvgIpc) is 3.03. The van der Waals surface area contributed by atoms with Crippen molar-refractivity contribution in [1.29, 1.82) is 5.41 Å². The standard InChI is InChI=1S/C23H17Cl2N3O2/c24-15-5-7-16(18(25)11-15)22(29)23-21(28)17-6-4-14(10-19(17)30-23)13-3-1-2-12(8-13)9-20(26)27/h1-8,10-11H,9,28H2,(H3,26,27). The van der Waals surface area contributed by atoms with Gasteiger partial charge in [-0.25, -0.2) is 0 Å². The van der Waals surface area contributed by atoms with Crippen molar-refractivity contribution in [2.75, 3.05) is 5.73 Å². The molecule has 0 fully saturated rings. The molecule has 0 spiro atoms. The summed E-state index contributed by atoms with van der Waals surface area (Å²) < 4.78 is 5.84. The summed E-state index contributed by atoms with van der Waals surface area (Å²) in [6, 6.07) is 17.9. The van der Waals surface area contributed by atoms with Gasteiger partial charge in [0, 0.05) is 22.4 Å². The highest BCUT2D eigenvalue weighted by Crippen LogP contribution is 2.34. The number of anilines is 1. The van der Waals surface area contributed by atoms with Crippen LogP contribution in [0.25, 0.3) is 22.1 Å². The second kappa shape index (κ2) is 7.86. The van der Waals surface area contributed by atoms with Crippen LogP contribution in [0, 0.1) is 5.41 Å². The van der Waals surface area contributed by atoms with Gasteiger partial charge >= 0.3 is 0 Å². The lowest BCUT2D eigenvalue weighted by Crippen LogP contribution is -2.12. The largest absolute Gasteiger partial charge is 0.450 e. The Bertz CT molecular complexity index is 1310. The van der Waals surface area contributed by atoms with E-state index < -0.39 is 5.78 Å². The van der Waals surface area contributed by atoms with Crippen LogP contribution in [0.3, 0.4) is 0 Å². The number of nitrogens with two attached hydrogens (primary N) is 2. The third kappa shape index (κ3) is 3.77. The molecule has 7 heteroatoms. The van der Waals surface area contributed by atoms with E-state index in [0.717, 1.165) is 16.7 Å². The molecule has 150 valence electrons. The number of rotatable bonds is 5. The second-order valence-corrected chi connectivity index (χ2v) is 7.76. The van der Waals surface area contributed by atoms with Crippen LogP contribution in [-0.2, 0) is 6.42 Å². The maximum Gasteiger partial charge on any atom is 0.231 e. The first-order valence-corrected chi connectivity index (χ1v) is 9.83. The Morgan fingerprint density at radius 1 is 1.00 bits per heavy atom. The zero-order chi connectivity index (χ0) is 21.4. The molecule has 1 heterocycles. The van der Waals surface area contributed by atoms with E-state index in [9.17, 15) is 4.79 Å². The zero-order valence-electron chi connectivity index (χ0n) is 15.7. The quantitative estimate of drug-likeness (QED) is 0.211. The van der Waals surface area contributed by atoms with Crippen LogP contribution in [-0.4, -0.2) is 11.6 Å². The number of hydrogen-bond acceptors (Lipinski definition) is 4. The van der Waals surface area contributed by atoms with Gasteiger partial charge in [-0.2, -0.15) is 0 Å². The highest BCUT2D eigenvalue weighted by atomic mass is 35.5. The molecule has 4 aromatic rings. The van der Waals surface area contributed by atoms with Crippen molar-refractivity contribution >= 4 is 51.5 Å². The second-order valence-electron chi connectivity index (χ2n) is 6.91. The smallest absolute Gasteiger partial charge is 0.231 e. The van der Waals surface area contributed by atoms with E-state index in [2.05, 4.69) is 0 Å². The molecule has 1 aromatic heterocycles. The highest BCUT2D eigenvalue weighted by molar-refractivity contribution is 6.37. The highest BCUT2D eigenvalue weighted by Gasteiger charge is 2.22. The van der Waals surface area contributed by atoms with Crippen molar-refractivity contribution in [3.8, 4) is 11.1 Å². The van der Waals surface area contributed by atoms with Crippen molar-refractivity contribution in [1.82, 2.24) is 0 Å². The molecule has 5 N–H and O–H groups in total. The van der Waals surface area contributed by atoms with E-state index in [-0.39, 0.29) is 27.9 Å². The Morgan fingerprint density at radius 3 is 2.50 bits per heavy atom. The van der Waals surface area contributed by atoms with Gasteiger partial charge in [0.05, 0.1) is 16.5 Å². The molecule has 0 aliphatic heterocycles.